The molecule has 0 radical (unpaired) electrons. The topological polar surface area (TPSA) is 63.4 Å². The lowest BCUT2D eigenvalue weighted by Crippen LogP contribution is -2.28. The van der Waals surface area contributed by atoms with Crippen LogP contribution in [0.15, 0.2) is 23.1 Å². The number of sulfonamides is 1. The Morgan fingerprint density at radius 1 is 1.44 bits per heavy atom. The lowest BCUT2D eigenvalue weighted by Gasteiger charge is -2.17. The van der Waals surface area contributed by atoms with Gasteiger partial charge in [-0.3, -0.25) is 0 Å². The summed E-state index contributed by atoms with van der Waals surface area (Å²) in [7, 11) is -2.07. The number of rotatable bonds is 5. The number of aryl methyl sites for hydroxylation is 1. The van der Waals surface area contributed by atoms with Gasteiger partial charge in [0, 0.05) is 13.6 Å². The van der Waals surface area contributed by atoms with Gasteiger partial charge in [-0.2, -0.15) is 4.31 Å². The summed E-state index contributed by atoms with van der Waals surface area (Å²) in [4.78, 5) is 0.297. The highest BCUT2D eigenvalue weighted by Crippen LogP contribution is 2.21. The Kier molecular flexibility index (Phi) is 4.91. The fraction of sp³-hybridized carbons (Fsp3) is 0.385. The van der Waals surface area contributed by atoms with Gasteiger partial charge in [0.05, 0.1) is 11.4 Å². The van der Waals surface area contributed by atoms with Crippen molar-refractivity contribution in [1.82, 2.24) is 4.31 Å². The standard InChI is InChI=1S/C13H18N2O2S/c1-4-8-15(3)18(16,17)13-9-11(10-14)6-7-12(13)5-2/h1,6-7,9H,5,8,10,14H2,2-3H3. The van der Waals surface area contributed by atoms with Crippen LogP contribution in [0.2, 0.25) is 0 Å². The average Bonchev–Trinajstić information content (AvgIpc) is 2.38. The predicted octanol–water partition coefficient (Wildman–Crippen LogP) is 0.961. The molecule has 4 nitrogen and oxygen atoms in total. The van der Waals surface area contributed by atoms with Crippen LogP contribution in [-0.4, -0.2) is 26.3 Å². The molecule has 0 bridgehead atoms. The van der Waals surface area contributed by atoms with Crippen molar-refractivity contribution in [1.29, 1.82) is 0 Å². The zero-order chi connectivity index (χ0) is 13.8. The Labute approximate surface area is 109 Å². The number of benzene rings is 1. The van der Waals surface area contributed by atoms with Crippen molar-refractivity contribution in [3.63, 3.8) is 0 Å². The molecule has 98 valence electrons. The van der Waals surface area contributed by atoms with Crippen LogP contribution in [0.5, 0.6) is 0 Å². The number of hydrogen-bond donors (Lipinski definition) is 1. The molecule has 1 aromatic carbocycles. The molecule has 0 fully saturated rings. The minimum atomic E-state index is -3.54. The molecule has 0 aromatic heterocycles. The van der Waals surface area contributed by atoms with Crippen LogP contribution in [0.1, 0.15) is 18.1 Å². The lowest BCUT2D eigenvalue weighted by molar-refractivity contribution is 0.502. The molecular formula is C13H18N2O2S. The third-order valence-electron chi connectivity index (χ3n) is 2.75. The van der Waals surface area contributed by atoms with E-state index in [4.69, 9.17) is 12.2 Å². The highest BCUT2D eigenvalue weighted by molar-refractivity contribution is 7.89. The first-order valence-electron chi connectivity index (χ1n) is 5.69. The second-order valence-electron chi connectivity index (χ2n) is 3.96. The monoisotopic (exact) mass is 266 g/mol. The Hall–Kier alpha value is -1.35. The second-order valence-corrected chi connectivity index (χ2v) is 5.98. The molecule has 1 rings (SSSR count). The molecule has 0 aliphatic heterocycles. The molecule has 1 aromatic rings. The van der Waals surface area contributed by atoms with Gasteiger partial charge in [-0.15, -0.1) is 6.42 Å². The summed E-state index contributed by atoms with van der Waals surface area (Å²) in [6.45, 7) is 2.28. The summed E-state index contributed by atoms with van der Waals surface area (Å²) >= 11 is 0. The maximum atomic E-state index is 12.4. The molecular weight excluding hydrogens is 248 g/mol. The molecule has 0 aliphatic carbocycles. The van der Waals surface area contributed by atoms with Gasteiger partial charge in [-0.05, 0) is 23.6 Å². The smallest absolute Gasteiger partial charge is 0.243 e. The van der Waals surface area contributed by atoms with E-state index in [0.717, 1.165) is 11.1 Å². The maximum Gasteiger partial charge on any atom is 0.243 e. The Balaban J connectivity index is 3.34. The molecule has 2 N–H and O–H groups in total. The maximum absolute atomic E-state index is 12.4. The number of nitrogens with zero attached hydrogens (tertiary/aromatic N) is 1. The zero-order valence-electron chi connectivity index (χ0n) is 10.7. The Bertz CT molecular complexity index is 559. The van der Waals surface area contributed by atoms with Crippen molar-refractivity contribution >= 4 is 10.0 Å². The summed E-state index contributed by atoms with van der Waals surface area (Å²) in [6, 6.07) is 5.28. The molecule has 0 heterocycles. The van der Waals surface area contributed by atoms with E-state index in [1.54, 1.807) is 12.1 Å². The molecule has 0 amide bonds. The minimum absolute atomic E-state index is 0.0539. The first-order valence-corrected chi connectivity index (χ1v) is 7.13. The van der Waals surface area contributed by atoms with Crippen molar-refractivity contribution in [2.75, 3.05) is 13.6 Å². The summed E-state index contributed by atoms with van der Waals surface area (Å²) in [5, 5.41) is 0. The van der Waals surface area contributed by atoms with E-state index in [2.05, 4.69) is 5.92 Å². The highest BCUT2D eigenvalue weighted by atomic mass is 32.2. The van der Waals surface area contributed by atoms with Crippen molar-refractivity contribution in [3.8, 4) is 12.3 Å². The quantitative estimate of drug-likeness (QED) is 0.807. The van der Waals surface area contributed by atoms with Crippen molar-refractivity contribution < 1.29 is 8.42 Å². The summed E-state index contributed by atoms with van der Waals surface area (Å²) in [6.07, 6.45) is 5.80. The largest absolute Gasteiger partial charge is 0.326 e. The predicted molar refractivity (Wildman–Crippen MR) is 72.4 cm³/mol. The van der Waals surface area contributed by atoms with Crippen LogP contribution >= 0.6 is 0 Å². The highest BCUT2D eigenvalue weighted by Gasteiger charge is 2.23. The SMILES string of the molecule is C#CCN(C)S(=O)(=O)c1cc(CN)ccc1CC. The van der Waals surface area contributed by atoms with Gasteiger partial charge < -0.3 is 5.73 Å². The van der Waals surface area contributed by atoms with Crippen LogP contribution < -0.4 is 5.73 Å². The van der Waals surface area contributed by atoms with Crippen molar-refractivity contribution in [2.45, 2.75) is 24.8 Å². The van der Waals surface area contributed by atoms with E-state index in [-0.39, 0.29) is 6.54 Å². The fourth-order valence-electron chi connectivity index (χ4n) is 1.64. The van der Waals surface area contributed by atoms with Crippen molar-refractivity contribution in [3.05, 3.63) is 29.3 Å². The third kappa shape index (κ3) is 2.91. The van der Waals surface area contributed by atoms with Gasteiger partial charge in [0.15, 0.2) is 0 Å². The summed E-state index contributed by atoms with van der Waals surface area (Å²) in [5.41, 5.74) is 7.11. The third-order valence-corrected chi connectivity index (χ3v) is 4.64. The van der Waals surface area contributed by atoms with Crippen LogP contribution in [0.3, 0.4) is 0 Å². The lowest BCUT2D eigenvalue weighted by atomic mass is 10.1. The molecule has 0 spiro atoms. The fourth-order valence-corrected chi connectivity index (χ4v) is 3.06. The minimum Gasteiger partial charge on any atom is -0.326 e. The van der Waals surface area contributed by atoms with Crippen molar-refractivity contribution in [2.24, 2.45) is 5.73 Å². The van der Waals surface area contributed by atoms with Gasteiger partial charge in [0.2, 0.25) is 10.0 Å². The van der Waals surface area contributed by atoms with Gasteiger partial charge in [0.1, 0.15) is 0 Å². The van der Waals surface area contributed by atoms with Gasteiger partial charge >= 0.3 is 0 Å². The molecule has 18 heavy (non-hydrogen) atoms. The summed E-state index contributed by atoms with van der Waals surface area (Å²) in [5.74, 6) is 2.33. The van der Waals surface area contributed by atoms with E-state index in [9.17, 15) is 8.42 Å². The van der Waals surface area contributed by atoms with E-state index in [1.807, 2.05) is 13.0 Å². The second kappa shape index (κ2) is 6.01. The first kappa shape index (κ1) is 14.7. The van der Waals surface area contributed by atoms with E-state index < -0.39 is 10.0 Å². The first-order chi connectivity index (χ1) is 8.47. The number of hydrogen-bond acceptors (Lipinski definition) is 3. The van der Waals surface area contributed by atoms with Crippen LogP contribution in [0, 0.1) is 12.3 Å². The van der Waals surface area contributed by atoms with E-state index >= 15 is 0 Å². The Morgan fingerprint density at radius 3 is 2.61 bits per heavy atom. The summed E-state index contributed by atoms with van der Waals surface area (Å²) < 4.78 is 25.9. The van der Waals surface area contributed by atoms with E-state index in [0.29, 0.717) is 17.9 Å². The van der Waals surface area contributed by atoms with Gasteiger partial charge in [0.25, 0.3) is 0 Å². The molecule has 5 heteroatoms. The average molecular weight is 266 g/mol. The molecule has 0 atom stereocenters. The molecule has 0 saturated carbocycles. The van der Waals surface area contributed by atoms with Crippen LogP contribution in [-0.2, 0) is 23.0 Å². The zero-order valence-corrected chi connectivity index (χ0v) is 11.5. The van der Waals surface area contributed by atoms with Gasteiger partial charge in [-0.1, -0.05) is 25.0 Å². The normalized spacial score (nSPS) is 11.5. The Morgan fingerprint density at radius 2 is 2.11 bits per heavy atom. The molecule has 0 aliphatic rings. The van der Waals surface area contributed by atoms with Crippen LogP contribution in [0.4, 0.5) is 0 Å². The van der Waals surface area contributed by atoms with E-state index in [1.165, 1.54) is 11.4 Å². The molecule has 0 saturated heterocycles. The number of nitrogens with two attached hydrogens (primary N) is 1. The number of terminal acetylenes is 1. The molecule has 0 unspecified atom stereocenters. The van der Waals surface area contributed by atoms with Gasteiger partial charge in [-0.25, -0.2) is 8.42 Å². The van der Waals surface area contributed by atoms with Crippen LogP contribution in [0.25, 0.3) is 0 Å².